The number of amides is 4. The van der Waals surface area contributed by atoms with Crippen LogP contribution in [0.3, 0.4) is 0 Å². The van der Waals surface area contributed by atoms with Crippen LogP contribution in [-0.4, -0.2) is 99.3 Å². The predicted molar refractivity (Wildman–Crippen MR) is 199 cm³/mol. The number of benzene rings is 1. The highest BCUT2D eigenvalue weighted by molar-refractivity contribution is 6.05. The second kappa shape index (κ2) is 12.8. The van der Waals surface area contributed by atoms with Crippen molar-refractivity contribution in [2.75, 3.05) is 55.4 Å². The van der Waals surface area contributed by atoms with Crippen LogP contribution in [0.1, 0.15) is 83.8 Å². The van der Waals surface area contributed by atoms with E-state index in [9.17, 15) is 19.2 Å². The van der Waals surface area contributed by atoms with Crippen molar-refractivity contribution < 1.29 is 19.2 Å². The Kier molecular flexibility index (Phi) is 8.08. The molecular formula is C39H44N10O4. The Morgan fingerprint density at radius 3 is 2.42 bits per heavy atom. The first-order valence-electron chi connectivity index (χ1n) is 18.7. The molecule has 9 rings (SSSR count). The molecule has 3 saturated heterocycles. The topological polar surface area (TPSA) is 149 Å². The molecule has 0 bridgehead atoms. The minimum absolute atomic E-state index is 0.0294. The van der Waals surface area contributed by atoms with E-state index in [2.05, 4.69) is 42.1 Å². The van der Waals surface area contributed by atoms with Crippen LogP contribution in [0.25, 0.3) is 11.0 Å². The maximum absolute atomic E-state index is 13.3. The molecule has 0 radical (unpaired) electrons. The third-order valence-corrected chi connectivity index (χ3v) is 12.0. The van der Waals surface area contributed by atoms with Crippen molar-refractivity contribution in [3.05, 3.63) is 65.6 Å². The van der Waals surface area contributed by atoms with Crippen molar-refractivity contribution in [2.45, 2.75) is 70.0 Å². The number of piperidine rings is 2. The summed E-state index contributed by atoms with van der Waals surface area (Å²) in [5, 5.41) is 6.51. The number of hydrogen-bond donors (Lipinski definition) is 2. The fourth-order valence-corrected chi connectivity index (χ4v) is 9.00. The summed E-state index contributed by atoms with van der Waals surface area (Å²) in [6, 6.07) is 11.7. The van der Waals surface area contributed by atoms with Crippen molar-refractivity contribution in [1.29, 1.82) is 0 Å². The second-order valence-corrected chi connectivity index (χ2v) is 15.6. The van der Waals surface area contributed by atoms with Gasteiger partial charge in [-0.15, -0.1) is 0 Å². The molecule has 4 aromatic rings. The van der Waals surface area contributed by atoms with Gasteiger partial charge in [-0.25, -0.2) is 9.97 Å². The summed E-state index contributed by atoms with van der Waals surface area (Å²) in [4.78, 5) is 72.5. The minimum Gasteiger partial charge on any atom is -0.370 e. The molecule has 1 spiro atoms. The molecule has 1 saturated carbocycles. The van der Waals surface area contributed by atoms with Crippen molar-refractivity contribution >= 4 is 57.8 Å². The summed E-state index contributed by atoms with van der Waals surface area (Å²) in [6.45, 7) is 4.18. The van der Waals surface area contributed by atoms with E-state index in [0.29, 0.717) is 36.0 Å². The molecule has 14 heteroatoms. The van der Waals surface area contributed by atoms with E-state index in [0.717, 1.165) is 92.7 Å². The van der Waals surface area contributed by atoms with Gasteiger partial charge in [0.2, 0.25) is 17.8 Å². The number of nitrogens with one attached hydrogen (secondary N) is 2. The zero-order valence-corrected chi connectivity index (χ0v) is 30.2. The van der Waals surface area contributed by atoms with E-state index in [-0.39, 0.29) is 41.5 Å². The minimum atomic E-state index is -0.601. The number of carbonyl (C=O) groups excluding carboxylic acids is 4. The standard InChI is InChI=1S/C39H44N10O4/c1-45(2)37(53)31-17-25-19-41-38(44-34(25)49(31)26-5-3-4-6-26)42-32-11-9-28(20-40-32)46-15-13-39(14-16-46)22-47(23-39)27-8-7-24-21-48(36(52)29(24)18-27)30-10-12-33(50)43-35(30)51/h7-9,11,17-20,26,30H,3-6,10,12-16,21-23H2,1-2H3,(H,43,50,51)(H,40,41,42,44)/t30-/m0/s1. The van der Waals surface area contributed by atoms with Crippen LogP contribution < -0.4 is 20.4 Å². The van der Waals surface area contributed by atoms with Crippen LogP contribution in [0.4, 0.5) is 23.1 Å². The van der Waals surface area contributed by atoms with Crippen molar-refractivity contribution in [2.24, 2.45) is 5.41 Å². The fourth-order valence-electron chi connectivity index (χ4n) is 9.00. The molecule has 4 aliphatic heterocycles. The van der Waals surface area contributed by atoms with Crippen LogP contribution in [-0.2, 0) is 16.1 Å². The largest absolute Gasteiger partial charge is 0.370 e. The van der Waals surface area contributed by atoms with Gasteiger partial charge < -0.3 is 29.5 Å². The van der Waals surface area contributed by atoms with E-state index < -0.39 is 6.04 Å². The number of carbonyl (C=O) groups is 4. The zero-order chi connectivity index (χ0) is 36.4. The van der Waals surface area contributed by atoms with Crippen LogP contribution in [0.15, 0.2) is 48.8 Å². The van der Waals surface area contributed by atoms with Gasteiger partial charge in [0.25, 0.3) is 11.8 Å². The van der Waals surface area contributed by atoms with Gasteiger partial charge in [-0.05, 0) is 68.0 Å². The Morgan fingerprint density at radius 2 is 1.70 bits per heavy atom. The van der Waals surface area contributed by atoms with Crippen LogP contribution in [0.2, 0.25) is 0 Å². The van der Waals surface area contributed by atoms with Gasteiger partial charge in [0.15, 0.2) is 0 Å². The number of imide groups is 1. The van der Waals surface area contributed by atoms with Crippen molar-refractivity contribution in [1.82, 2.24) is 34.6 Å². The zero-order valence-electron chi connectivity index (χ0n) is 30.2. The molecule has 3 aromatic heterocycles. The summed E-state index contributed by atoms with van der Waals surface area (Å²) in [5.74, 6) is 0.285. The molecule has 274 valence electrons. The van der Waals surface area contributed by atoms with Gasteiger partial charge in [0.1, 0.15) is 23.2 Å². The summed E-state index contributed by atoms with van der Waals surface area (Å²) >= 11 is 0. The maximum Gasteiger partial charge on any atom is 0.270 e. The van der Waals surface area contributed by atoms with Crippen molar-refractivity contribution in [3.63, 3.8) is 0 Å². The first kappa shape index (κ1) is 33.3. The lowest BCUT2D eigenvalue weighted by atomic mass is 9.71. The molecule has 0 unspecified atom stereocenters. The first-order valence-corrected chi connectivity index (χ1v) is 18.7. The summed E-state index contributed by atoms with van der Waals surface area (Å²) in [7, 11) is 3.55. The number of nitrogens with zero attached hydrogens (tertiary/aromatic N) is 8. The third-order valence-electron chi connectivity index (χ3n) is 12.0. The average Bonchev–Trinajstić information content (AvgIpc) is 3.88. The molecule has 5 aliphatic rings. The number of anilines is 4. The van der Waals surface area contributed by atoms with Gasteiger partial charge in [-0.3, -0.25) is 24.5 Å². The third kappa shape index (κ3) is 5.93. The highest BCUT2D eigenvalue weighted by Gasteiger charge is 2.46. The Morgan fingerprint density at radius 1 is 0.925 bits per heavy atom. The fraction of sp³-hybridized carbons (Fsp3) is 0.462. The van der Waals surface area contributed by atoms with Gasteiger partial charge in [0.05, 0.1) is 11.9 Å². The Balaban J connectivity index is 0.813. The maximum atomic E-state index is 13.3. The van der Waals surface area contributed by atoms with E-state index in [4.69, 9.17) is 9.97 Å². The highest BCUT2D eigenvalue weighted by atomic mass is 16.2. The van der Waals surface area contributed by atoms with E-state index in [1.54, 1.807) is 30.1 Å². The summed E-state index contributed by atoms with van der Waals surface area (Å²) < 4.78 is 2.12. The van der Waals surface area contributed by atoms with E-state index in [1.807, 2.05) is 30.5 Å². The van der Waals surface area contributed by atoms with Gasteiger partial charge in [-0.2, -0.15) is 4.98 Å². The lowest BCUT2D eigenvalue weighted by Crippen LogP contribution is -2.60. The number of rotatable bonds is 7. The molecule has 1 aromatic carbocycles. The van der Waals surface area contributed by atoms with Crippen LogP contribution >= 0.6 is 0 Å². The Labute approximate surface area is 307 Å². The second-order valence-electron chi connectivity index (χ2n) is 15.6. The molecule has 4 amide bonds. The summed E-state index contributed by atoms with van der Waals surface area (Å²) in [6.07, 6.45) is 10.8. The number of aromatic nitrogens is 4. The monoisotopic (exact) mass is 716 g/mol. The van der Waals surface area contributed by atoms with Gasteiger partial charge in [-0.1, -0.05) is 18.9 Å². The lowest BCUT2D eigenvalue weighted by molar-refractivity contribution is -0.136. The average molecular weight is 717 g/mol. The Bertz CT molecular complexity index is 2120. The molecule has 7 heterocycles. The Hall–Kier alpha value is -5.53. The smallest absolute Gasteiger partial charge is 0.270 e. The number of fused-ring (bicyclic) bond motifs is 2. The summed E-state index contributed by atoms with van der Waals surface area (Å²) in [5.41, 5.74) is 5.38. The number of hydrogen-bond acceptors (Lipinski definition) is 10. The molecule has 4 fully saturated rings. The normalized spacial score (nSPS) is 21.3. The molecule has 1 aliphatic carbocycles. The molecule has 2 N–H and O–H groups in total. The molecule has 53 heavy (non-hydrogen) atoms. The van der Waals surface area contributed by atoms with Crippen molar-refractivity contribution in [3.8, 4) is 0 Å². The van der Waals surface area contributed by atoms with Crippen LogP contribution in [0.5, 0.6) is 0 Å². The number of pyridine rings is 1. The molecule has 14 nitrogen and oxygen atoms in total. The SMILES string of the molecule is CN(C)C(=O)c1cc2cnc(Nc3ccc(N4CCC5(CC4)CN(c4ccc6c(c4)C(=O)N([C@H]4CCC(=O)NC4=O)C6)C5)cn3)nc2n1C1CCCC1. The predicted octanol–water partition coefficient (Wildman–Crippen LogP) is 4.25. The molecular weight excluding hydrogens is 672 g/mol. The quantitative estimate of drug-likeness (QED) is 0.266. The highest BCUT2D eigenvalue weighted by Crippen LogP contribution is 2.44. The first-order chi connectivity index (χ1) is 25.6. The van der Waals surface area contributed by atoms with E-state index >= 15 is 0 Å². The van der Waals surface area contributed by atoms with Crippen LogP contribution in [0, 0.1) is 5.41 Å². The van der Waals surface area contributed by atoms with Gasteiger partial charge in [0, 0.05) is 87.5 Å². The van der Waals surface area contributed by atoms with E-state index in [1.165, 1.54) is 0 Å². The lowest BCUT2D eigenvalue weighted by Gasteiger charge is -2.55. The van der Waals surface area contributed by atoms with Gasteiger partial charge >= 0.3 is 0 Å². The molecule has 1 atom stereocenters.